The van der Waals surface area contributed by atoms with E-state index >= 15 is 0 Å². The van der Waals surface area contributed by atoms with E-state index in [4.69, 9.17) is 0 Å². The Hall–Kier alpha value is -0.610. The summed E-state index contributed by atoms with van der Waals surface area (Å²) in [5.41, 5.74) is 1.09. The second-order valence-corrected chi connectivity index (χ2v) is 4.00. The number of aromatic nitrogens is 1. The molecule has 2 rings (SSSR count). The van der Waals surface area contributed by atoms with Crippen LogP contribution in [-0.4, -0.2) is 11.4 Å². The minimum Gasteiger partial charge on any atom is -0.313 e. The van der Waals surface area contributed by atoms with Gasteiger partial charge in [-0.25, -0.2) is 0 Å². The highest BCUT2D eigenvalue weighted by Crippen LogP contribution is 2.28. The molecule has 0 saturated heterocycles. The minimum atomic E-state index is 0.106. The molecule has 1 aliphatic rings. The summed E-state index contributed by atoms with van der Waals surface area (Å²) >= 11 is 1.49. The number of nitrogens with one attached hydrogen (secondary N) is 2. The van der Waals surface area contributed by atoms with Gasteiger partial charge in [0.25, 0.3) is 5.56 Å². The number of hydrogen-bond donors (Lipinski definition) is 2. The van der Waals surface area contributed by atoms with Crippen molar-refractivity contribution in [2.75, 3.05) is 7.05 Å². The second kappa shape index (κ2) is 3.03. The lowest BCUT2D eigenvalue weighted by Gasteiger charge is -2.19. The summed E-state index contributed by atoms with van der Waals surface area (Å²) in [6.45, 7) is 0. The Labute approximate surface area is 75.0 Å². The van der Waals surface area contributed by atoms with Crippen LogP contribution < -0.4 is 10.9 Å². The van der Waals surface area contributed by atoms with E-state index < -0.39 is 0 Å². The zero-order chi connectivity index (χ0) is 8.55. The number of H-pyrrole nitrogens is 1. The van der Waals surface area contributed by atoms with Gasteiger partial charge in [-0.3, -0.25) is 9.17 Å². The van der Waals surface area contributed by atoms with E-state index in [-0.39, 0.29) is 11.6 Å². The molecule has 0 bridgehead atoms. The van der Waals surface area contributed by atoms with Crippen molar-refractivity contribution in [3.8, 4) is 0 Å². The molecule has 0 spiro atoms. The quantitative estimate of drug-likeness (QED) is 0.684. The highest BCUT2D eigenvalue weighted by molar-refractivity contribution is 7.05. The van der Waals surface area contributed by atoms with Crippen molar-refractivity contribution in [1.29, 1.82) is 0 Å². The molecular formula is C8H12N2OS. The van der Waals surface area contributed by atoms with Crippen molar-refractivity contribution < 1.29 is 0 Å². The molecule has 1 atom stereocenters. The number of aryl methyl sites for hydroxylation is 1. The van der Waals surface area contributed by atoms with E-state index in [1.807, 2.05) is 7.05 Å². The maximum absolute atomic E-state index is 11.3. The van der Waals surface area contributed by atoms with Crippen molar-refractivity contribution in [2.45, 2.75) is 25.3 Å². The molecular weight excluding hydrogens is 172 g/mol. The third-order valence-electron chi connectivity index (χ3n) is 2.41. The Bertz CT molecular complexity index is 328. The summed E-state index contributed by atoms with van der Waals surface area (Å²) in [6.07, 6.45) is 3.34. The van der Waals surface area contributed by atoms with Crippen LogP contribution in [0.5, 0.6) is 0 Å². The molecule has 1 aromatic heterocycles. The molecule has 0 fully saturated rings. The fourth-order valence-electron chi connectivity index (χ4n) is 1.78. The third kappa shape index (κ3) is 1.11. The van der Waals surface area contributed by atoms with E-state index in [2.05, 4.69) is 9.69 Å². The SMILES string of the molecule is CN[C@@H]1CCCc2s[nH]c(=O)c21. The first-order chi connectivity index (χ1) is 5.83. The van der Waals surface area contributed by atoms with E-state index in [1.54, 1.807) is 0 Å². The largest absolute Gasteiger partial charge is 0.313 e. The summed E-state index contributed by atoms with van der Waals surface area (Å²) in [5.74, 6) is 0. The van der Waals surface area contributed by atoms with E-state index in [9.17, 15) is 4.79 Å². The first kappa shape index (κ1) is 8.01. The van der Waals surface area contributed by atoms with Crippen LogP contribution in [-0.2, 0) is 6.42 Å². The van der Waals surface area contributed by atoms with Gasteiger partial charge < -0.3 is 5.32 Å². The summed E-state index contributed by atoms with van der Waals surface area (Å²) < 4.78 is 2.79. The molecule has 3 nitrogen and oxygen atoms in total. The highest BCUT2D eigenvalue weighted by atomic mass is 32.1. The van der Waals surface area contributed by atoms with Gasteiger partial charge in [0.05, 0.1) is 0 Å². The highest BCUT2D eigenvalue weighted by Gasteiger charge is 2.23. The monoisotopic (exact) mass is 184 g/mol. The lowest BCUT2D eigenvalue weighted by molar-refractivity contribution is 0.498. The second-order valence-electron chi connectivity index (χ2n) is 3.10. The zero-order valence-electron chi connectivity index (χ0n) is 7.02. The van der Waals surface area contributed by atoms with Gasteiger partial charge in [0.15, 0.2) is 0 Å². The van der Waals surface area contributed by atoms with E-state index in [0.717, 1.165) is 18.4 Å². The van der Waals surface area contributed by atoms with Crippen LogP contribution in [0.25, 0.3) is 0 Å². The van der Waals surface area contributed by atoms with Gasteiger partial charge >= 0.3 is 0 Å². The minimum absolute atomic E-state index is 0.106. The van der Waals surface area contributed by atoms with Crippen molar-refractivity contribution in [2.24, 2.45) is 0 Å². The Morgan fingerprint density at radius 3 is 3.25 bits per heavy atom. The van der Waals surface area contributed by atoms with Crippen LogP contribution in [0.1, 0.15) is 29.3 Å². The molecule has 0 amide bonds. The molecule has 12 heavy (non-hydrogen) atoms. The molecule has 0 radical (unpaired) electrons. The maximum atomic E-state index is 11.3. The summed E-state index contributed by atoms with van der Waals surface area (Å²) in [7, 11) is 1.91. The molecule has 66 valence electrons. The van der Waals surface area contributed by atoms with Gasteiger partial charge in [-0.1, -0.05) is 11.5 Å². The lowest BCUT2D eigenvalue weighted by atomic mass is 9.95. The Balaban J connectivity index is 2.48. The van der Waals surface area contributed by atoms with Crippen LogP contribution >= 0.6 is 11.5 Å². The summed E-state index contributed by atoms with van der Waals surface area (Å²) in [4.78, 5) is 12.6. The fraction of sp³-hybridized carbons (Fsp3) is 0.625. The molecule has 4 heteroatoms. The smallest absolute Gasteiger partial charge is 0.263 e. The predicted octanol–water partition coefficient (Wildman–Crippen LogP) is 1.03. The number of aromatic amines is 1. The van der Waals surface area contributed by atoms with Gasteiger partial charge in [0.2, 0.25) is 0 Å². The molecule has 0 aromatic carbocycles. The van der Waals surface area contributed by atoms with Crippen molar-refractivity contribution >= 4 is 11.5 Å². The fourth-order valence-corrected chi connectivity index (χ4v) is 2.70. The van der Waals surface area contributed by atoms with Gasteiger partial charge in [-0.15, -0.1) is 0 Å². The number of hydrogen-bond acceptors (Lipinski definition) is 3. The maximum Gasteiger partial charge on any atom is 0.263 e. The number of rotatable bonds is 1. The van der Waals surface area contributed by atoms with Crippen molar-refractivity contribution in [3.05, 3.63) is 20.8 Å². The predicted molar refractivity (Wildman–Crippen MR) is 49.7 cm³/mol. The third-order valence-corrected chi connectivity index (χ3v) is 3.36. The van der Waals surface area contributed by atoms with Gasteiger partial charge in [-0.2, -0.15) is 0 Å². The normalized spacial score (nSPS) is 22.2. The first-order valence-corrected chi connectivity index (χ1v) is 5.02. The standard InChI is InChI=1S/C8H12N2OS/c1-9-5-3-2-4-6-7(5)8(11)10-12-6/h5,9H,2-4H2,1H3,(H,10,11)/t5-/m1/s1. The molecule has 1 heterocycles. The summed E-state index contributed by atoms with van der Waals surface area (Å²) in [6, 6.07) is 0.281. The Morgan fingerprint density at radius 2 is 2.50 bits per heavy atom. The van der Waals surface area contributed by atoms with Crippen molar-refractivity contribution in [3.63, 3.8) is 0 Å². The van der Waals surface area contributed by atoms with Gasteiger partial charge in [0.1, 0.15) is 0 Å². The average Bonchev–Trinajstić information content (AvgIpc) is 2.48. The van der Waals surface area contributed by atoms with Crippen LogP contribution in [0.15, 0.2) is 4.79 Å². The van der Waals surface area contributed by atoms with Crippen molar-refractivity contribution in [1.82, 2.24) is 9.69 Å². The molecule has 0 saturated carbocycles. The Kier molecular flexibility index (Phi) is 2.02. The van der Waals surface area contributed by atoms with E-state index in [1.165, 1.54) is 22.8 Å². The van der Waals surface area contributed by atoms with Gasteiger partial charge in [-0.05, 0) is 26.3 Å². The lowest BCUT2D eigenvalue weighted by Crippen LogP contribution is -2.25. The molecule has 1 aromatic rings. The van der Waals surface area contributed by atoms with E-state index in [0.29, 0.717) is 0 Å². The average molecular weight is 184 g/mol. The molecule has 0 unspecified atom stereocenters. The molecule has 0 aliphatic heterocycles. The number of fused-ring (bicyclic) bond motifs is 1. The first-order valence-electron chi connectivity index (χ1n) is 4.20. The summed E-state index contributed by atoms with van der Waals surface area (Å²) in [5, 5.41) is 3.17. The van der Waals surface area contributed by atoms with Crippen LogP contribution in [0.4, 0.5) is 0 Å². The van der Waals surface area contributed by atoms with Gasteiger partial charge in [0, 0.05) is 16.5 Å². The zero-order valence-corrected chi connectivity index (χ0v) is 7.83. The van der Waals surface area contributed by atoms with Crippen LogP contribution in [0, 0.1) is 0 Å². The topological polar surface area (TPSA) is 44.9 Å². The molecule has 2 N–H and O–H groups in total. The Morgan fingerprint density at radius 1 is 1.67 bits per heavy atom. The van der Waals surface area contributed by atoms with Crippen LogP contribution in [0.3, 0.4) is 0 Å². The molecule has 1 aliphatic carbocycles. The van der Waals surface area contributed by atoms with Crippen LogP contribution in [0.2, 0.25) is 0 Å².